The topological polar surface area (TPSA) is 148 Å². The molecular formula is C20H32Br2N8O2. The Hall–Kier alpha value is -1.50. The number of methoxy groups -OCH3 is 2. The monoisotopic (exact) mass is 574 g/mol. The van der Waals surface area contributed by atoms with Gasteiger partial charge in [-0.2, -0.15) is 19.9 Å². The Kier molecular flexibility index (Phi) is 11.6. The van der Waals surface area contributed by atoms with E-state index in [0.29, 0.717) is 27.5 Å². The van der Waals surface area contributed by atoms with Crippen molar-refractivity contribution in [1.29, 1.82) is 0 Å². The van der Waals surface area contributed by atoms with Crippen molar-refractivity contribution in [3.63, 3.8) is 0 Å². The first-order valence-corrected chi connectivity index (χ1v) is 12.4. The van der Waals surface area contributed by atoms with E-state index in [1.165, 1.54) is 46.3 Å². The summed E-state index contributed by atoms with van der Waals surface area (Å²) in [6.07, 6.45) is 10.9. The SMILES string of the molecule is COc1nc(Br)nc(C(N)(CCCCCCCCCCCN)c2nc(Br)nc(OC)n2)n1. The molecule has 2 rings (SSSR count). The van der Waals surface area contributed by atoms with Gasteiger partial charge in [0.1, 0.15) is 5.54 Å². The van der Waals surface area contributed by atoms with Crippen molar-refractivity contribution in [1.82, 2.24) is 29.9 Å². The molecule has 0 bridgehead atoms. The molecule has 0 aliphatic carbocycles. The molecule has 0 saturated carbocycles. The molecule has 10 nitrogen and oxygen atoms in total. The number of rotatable bonds is 15. The molecule has 178 valence electrons. The third-order valence-electron chi connectivity index (χ3n) is 5.11. The molecular weight excluding hydrogens is 544 g/mol. The molecule has 2 heterocycles. The number of unbranched alkanes of at least 4 members (excludes halogenated alkanes) is 8. The summed E-state index contributed by atoms with van der Waals surface area (Å²) in [5.74, 6) is 0.632. The minimum absolute atomic E-state index is 0.159. The summed E-state index contributed by atoms with van der Waals surface area (Å²) in [6.45, 7) is 0.786. The molecule has 0 aliphatic rings. The second-order valence-electron chi connectivity index (χ2n) is 7.52. The summed E-state index contributed by atoms with van der Waals surface area (Å²) in [5.41, 5.74) is 11.2. The van der Waals surface area contributed by atoms with Gasteiger partial charge in [0.15, 0.2) is 11.6 Å². The summed E-state index contributed by atoms with van der Waals surface area (Å²) in [6, 6.07) is 0.317. The molecule has 0 aromatic carbocycles. The Morgan fingerprint density at radius 2 is 1.06 bits per heavy atom. The van der Waals surface area contributed by atoms with Gasteiger partial charge in [-0.3, -0.25) is 0 Å². The van der Waals surface area contributed by atoms with E-state index in [2.05, 4.69) is 61.8 Å². The van der Waals surface area contributed by atoms with Gasteiger partial charge in [-0.1, -0.05) is 51.4 Å². The van der Waals surface area contributed by atoms with Crippen molar-refractivity contribution < 1.29 is 9.47 Å². The highest BCUT2D eigenvalue weighted by Gasteiger charge is 2.37. The van der Waals surface area contributed by atoms with Crippen molar-refractivity contribution in [3.05, 3.63) is 21.1 Å². The van der Waals surface area contributed by atoms with Gasteiger partial charge in [-0.05, 0) is 51.2 Å². The smallest absolute Gasteiger partial charge is 0.320 e. The molecule has 0 atom stereocenters. The van der Waals surface area contributed by atoms with Crippen molar-refractivity contribution >= 4 is 31.9 Å². The molecule has 0 fully saturated rings. The summed E-state index contributed by atoms with van der Waals surface area (Å²) in [5, 5.41) is 0. The van der Waals surface area contributed by atoms with Crippen LogP contribution in [-0.2, 0) is 5.54 Å². The lowest BCUT2D eigenvalue weighted by Gasteiger charge is -2.26. The lowest BCUT2D eigenvalue weighted by atomic mass is 9.90. The largest absolute Gasteiger partial charge is 0.467 e. The fraction of sp³-hybridized carbons (Fsp3) is 0.700. The second kappa shape index (κ2) is 13.9. The third kappa shape index (κ3) is 8.13. The van der Waals surface area contributed by atoms with Crippen LogP contribution < -0.4 is 20.9 Å². The first kappa shape index (κ1) is 26.7. The van der Waals surface area contributed by atoms with Crippen molar-refractivity contribution in [3.8, 4) is 12.0 Å². The van der Waals surface area contributed by atoms with Crippen LogP contribution in [0.1, 0.15) is 75.9 Å². The lowest BCUT2D eigenvalue weighted by molar-refractivity contribution is 0.343. The molecule has 0 saturated heterocycles. The zero-order chi connectivity index (χ0) is 23.4. The molecule has 2 aromatic rings. The Labute approximate surface area is 206 Å². The molecule has 0 unspecified atom stereocenters. The Bertz CT molecular complexity index is 790. The van der Waals surface area contributed by atoms with Crippen LogP contribution in [0.4, 0.5) is 0 Å². The number of nitrogens with two attached hydrogens (primary N) is 2. The zero-order valence-electron chi connectivity index (χ0n) is 18.7. The predicted octanol–water partition coefficient (Wildman–Crippen LogP) is 3.66. The van der Waals surface area contributed by atoms with E-state index < -0.39 is 5.54 Å². The maximum Gasteiger partial charge on any atom is 0.320 e. The van der Waals surface area contributed by atoms with Gasteiger partial charge in [-0.25, -0.2) is 9.97 Å². The molecule has 32 heavy (non-hydrogen) atoms. The minimum atomic E-state index is -1.17. The highest BCUT2D eigenvalue weighted by atomic mass is 79.9. The van der Waals surface area contributed by atoms with Gasteiger partial charge in [0, 0.05) is 0 Å². The van der Waals surface area contributed by atoms with Crippen LogP contribution in [0.15, 0.2) is 9.47 Å². The van der Waals surface area contributed by atoms with E-state index in [9.17, 15) is 0 Å². The van der Waals surface area contributed by atoms with Crippen LogP contribution in [-0.4, -0.2) is 50.7 Å². The quantitative estimate of drug-likeness (QED) is 0.301. The fourth-order valence-electron chi connectivity index (χ4n) is 3.35. The number of ether oxygens (including phenoxy) is 2. The van der Waals surface area contributed by atoms with E-state index in [1.54, 1.807) is 0 Å². The van der Waals surface area contributed by atoms with Crippen LogP contribution >= 0.6 is 31.9 Å². The van der Waals surface area contributed by atoms with Gasteiger partial charge < -0.3 is 20.9 Å². The predicted molar refractivity (Wildman–Crippen MR) is 128 cm³/mol. The molecule has 12 heteroatoms. The van der Waals surface area contributed by atoms with E-state index in [-0.39, 0.29) is 12.0 Å². The Morgan fingerprint density at radius 1 is 0.656 bits per heavy atom. The maximum absolute atomic E-state index is 6.87. The average Bonchev–Trinajstić information content (AvgIpc) is 2.79. The summed E-state index contributed by atoms with van der Waals surface area (Å²) >= 11 is 6.60. The van der Waals surface area contributed by atoms with Gasteiger partial charge in [0.05, 0.1) is 14.2 Å². The van der Waals surface area contributed by atoms with E-state index >= 15 is 0 Å². The van der Waals surface area contributed by atoms with Crippen molar-refractivity contribution in [2.24, 2.45) is 11.5 Å². The average molecular weight is 576 g/mol. The molecule has 0 spiro atoms. The Morgan fingerprint density at radius 3 is 1.47 bits per heavy atom. The number of hydrogen-bond donors (Lipinski definition) is 2. The van der Waals surface area contributed by atoms with Crippen LogP contribution in [0.3, 0.4) is 0 Å². The molecule has 0 aliphatic heterocycles. The highest BCUT2D eigenvalue weighted by Crippen LogP contribution is 2.31. The highest BCUT2D eigenvalue weighted by molar-refractivity contribution is 9.10. The first-order valence-electron chi connectivity index (χ1n) is 10.8. The second-order valence-corrected chi connectivity index (χ2v) is 8.94. The van der Waals surface area contributed by atoms with Crippen LogP contribution in [0.5, 0.6) is 12.0 Å². The van der Waals surface area contributed by atoms with Crippen LogP contribution in [0, 0.1) is 0 Å². The number of halogens is 2. The van der Waals surface area contributed by atoms with Crippen LogP contribution in [0.2, 0.25) is 0 Å². The summed E-state index contributed by atoms with van der Waals surface area (Å²) in [4.78, 5) is 25.8. The number of aromatic nitrogens is 6. The number of hydrogen-bond acceptors (Lipinski definition) is 10. The summed E-state index contributed by atoms with van der Waals surface area (Å²) in [7, 11) is 2.98. The van der Waals surface area contributed by atoms with Crippen molar-refractivity contribution in [2.75, 3.05) is 20.8 Å². The van der Waals surface area contributed by atoms with Gasteiger partial charge in [0.2, 0.25) is 9.47 Å². The zero-order valence-corrected chi connectivity index (χ0v) is 21.9. The Balaban J connectivity index is 2.09. The third-order valence-corrected chi connectivity index (χ3v) is 5.82. The normalized spacial score (nSPS) is 11.6. The van der Waals surface area contributed by atoms with Crippen LogP contribution in [0.25, 0.3) is 0 Å². The molecule has 0 amide bonds. The van der Waals surface area contributed by atoms with E-state index in [4.69, 9.17) is 20.9 Å². The molecule has 2 aromatic heterocycles. The lowest BCUT2D eigenvalue weighted by Crippen LogP contribution is -2.42. The first-order chi connectivity index (χ1) is 15.4. The van der Waals surface area contributed by atoms with E-state index in [0.717, 1.165) is 32.2 Å². The van der Waals surface area contributed by atoms with Gasteiger partial charge in [0.25, 0.3) is 0 Å². The molecule has 0 radical (unpaired) electrons. The molecule has 4 N–H and O–H groups in total. The maximum atomic E-state index is 6.87. The van der Waals surface area contributed by atoms with Gasteiger partial charge in [-0.15, -0.1) is 0 Å². The van der Waals surface area contributed by atoms with Crippen molar-refractivity contribution in [2.45, 2.75) is 69.7 Å². The van der Waals surface area contributed by atoms with Gasteiger partial charge >= 0.3 is 12.0 Å². The standard InChI is InChI=1S/C20H32Br2N8O2/c1-31-18-27-14(25-16(21)29-18)20(24,15-26-17(22)30-19(28-15)32-2)12-10-8-6-4-3-5-7-9-11-13-23/h3-13,23-24H2,1-2H3. The summed E-state index contributed by atoms with van der Waals surface area (Å²) < 4.78 is 11.0. The minimum Gasteiger partial charge on any atom is -0.467 e. The fourth-order valence-corrected chi connectivity index (χ4v) is 3.99. The van der Waals surface area contributed by atoms with E-state index in [1.807, 2.05) is 0 Å². The number of nitrogens with zero attached hydrogens (tertiary/aromatic N) is 6.